The zero-order valence-electron chi connectivity index (χ0n) is 13.1. The van der Waals surface area contributed by atoms with E-state index >= 15 is 0 Å². The van der Waals surface area contributed by atoms with Crippen molar-refractivity contribution in [3.63, 3.8) is 0 Å². The number of amides is 1. The first kappa shape index (κ1) is 18.3. The predicted octanol–water partition coefficient (Wildman–Crippen LogP) is 1.24. The van der Waals surface area contributed by atoms with Crippen molar-refractivity contribution < 1.29 is 4.79 Å². The number of imidazole rings is 1. The van der Waals surface area contributed by atoms with Crippen LogP contribution in [0.15, 0.2) is 29.1 Å². The third kappa shape index (κ3) is 3.90. The lowest BCUT2D eigenvalue weighted by Gasteiger charge is -2.25. The molecule has 6 nitrogen and oxygen atoms in total. The largest absolute Gasteiger partial charge is 0.353 e. The van der Waals surface area contributed by atoms with Gasteiger partial charge in [0.05, 0.1) is 17.1 Å². The highest BCUT2D eigenvalue weighted by atomic mass is 35.5. The van der Waals surface area contributed by atoms with Crippen LogP contribution in [0, 0.1) is 5.41 Å². The number of nitrogens with two attached hydrogens (primary N) is 1. The van der Waals surface area contributed by atoms with Gasteiger partial charge in [0.15, 0.2) is 0 Å². The summed E-state index contributed by atoms with van der Waals surface area (Å²) in [5.41, 5.74) is 7.04. The average molecular weight is 327 g/mol. The van der Waals surface area contributed by atoms with Crippen molar-refractivity contribution in [1.82, 2.24) is 14.9 Å². The van der Waals surface area contributed by atoms with Crippen LogP contribution in [0.25, 0.3) is 11.0 Å². The molecule has 0 bridgehead atoms. The van der Waals surface area contributed by atoms with E-state index in [1.54, 1.807) is 4.57 Å². The predicted molar refractivity (Wildman–Crippen MR) is 90.2 cm³/mol. The van der Waals surface area contributed by atoms with Crippen LogP contribution in [0.1, 0.15) is 20.8 Å². The molecule has 0 spiro atoms. The molecule has 1 amide bonds. The third-order valence-corrected chi connectivity index (χ3v) is 3.53. The van der Waals surface area contributed by atoms with Crippen LogP contribution in [0.5, 0.6) is 0 Å². The molecule has 4 N–H and O–H groups in total. The molecule has 7 heteroatoms. The van der Waals surface area contributed by atoms with Gasteiger partial charge in [-0.2, -0.15) is 0 Å². The summed E-state index contributed by atoms with van der Waals surface area (Å²) in [7, 11) is 0. The molecule has 0 aliphatic carbocycles. The first-order valence-electron chi connectivity index (χ1n) is 7.01. The molecule has 2 aromatic rings. The van der Waals surface area contributed by atoms with E-state index in [1.165, 1.54) is 0 Å². The number of carbonyl (C=O) groups is 1. The Kier molecular flexibility index (Phi) is 5.79. The summed E-state index contributed by atoms with van der Waals surface area (Å²) >= 11 is 0. The highest BCUT2D eigenvalue weighted by Crippen LogP contribution is 2.17. The van der Waals surface area contributed by atoms with Crippen molar-refractivity contribution in [2.75, 3.05) is 6.54 Å². The van der Waals surface area contributed by atoms with Crippen LogP contribution in [0.3, 0.4) is 0 Å². The van der Waals surface area contributed by atoms with Crippen LogP contribution in [-0.4, -0.2) is 28.0 Å². The Balaban J connectivity index is 0.00000242. The number of halogens is 1. The number of H-pyrrole nitrogens is 1. The number of rotatable bonds is 4. The second-order valence-corrected chi connectivity index (χ2v) is 6.23. The molecule has 1 aromatic carbocycles. The lowest BCUT2D eigenvalue weighted by molar-refractivity contribution is -0.124. The van der Waals surface area contributed by atoms with Crippen molar-refractivity contribution in [2.45, 2.75) is 33.4 Å². The van der Waals surface area contributed by atoms with Crippen molar-refractivity contribution in [3.05, 3.63) is 34.7 Å². The number of para-hydroxylation sites is 2. The molecular formula is C15H23ClN4O2. The second kappa shape index (κ2) is 6.98. The van der Waals surface area contributed by atoms with Crippen molar-refractivity contribution in [1.29, 1.82) is 0 Å². The summed E-state index contributed by atoms with van der Waals surface area (Å²) in [4.78, 5) is 26.6. The van der Waals surface area contributed by atoms with Gasteiger partial charge in [-0.25, -0.2) is 4.79 Å². The Labute approximate surface area is 135 Å². The van der Waals surface area contributed by atoms with E-state index in [9.17, 15) is 9.59 Å². The summed E-state index contributed by atoms with van der Waals surface area (Å²) in [6.45, 7) is 6.53. The fourth-order valence-corrected chi connectivity index (χ4v) is 2.12. The molecule has 0 unspecified atom stereocenters. The standard InChI is InChI=1S/C15H22N4O2.ClH/c1-15(2,3)12(16)13(20)17-8-9-19-11-7-5-4-6-10(11)18-14(19)21;/h4-7,12H,8-9,16H2,1-3H3,(H,17,20)(H,18,21);1H/t12-;/m1./s1. The quantitative estimate of drug-likeness (QED) is 0.789. The molecule has 0 saturated heterocycles. The Morgan fingerprint density at radius 3 is 2.64 bits per heavy atom. The maximum absolute atomic E-state index is 11.9. The zero-order chi connectivity index (χ0) is 15.6. The van der Waals surface area contributed by atoms with Crippen molar-refractivity contribution in [2.24, 2.45) is 11.1 Å². The lowest BCUT2D eigenvalue weighted by Crippen LogP contribution is -2.49. The van der Waals surface area contributed by atoms with Crippen LogP contribution < -0.4 is 16.7 Å². The van der Waals surface area contributed by atoms with Gasteiger partial charge in [0.25, 0.3) is 0 Å². The first-order chi connectivity index (χ1) is 9.80. The van der Waals surface area contributed by atoms with E-state index in [0.717, 1.165) is 11.0 Å². The van der Waals surface area contributed by atoms with Crippen LogP contribution in [0.2, 0.25) is 0 Å². The Morgan fingerprint density at radius 2 is 2.00 bits per heavy atom. The Hall–Kier alpha value is -1.79. The molecule has 0 fully saturated rings. The van der Waals surface area contributed by atoms with Gasteiger partial charge in [0, 0.05) is 13.1 Å². The summed E-state index contributed by atoms with van der Waals surface area (Å²) < 4.78 is 1.61. The summed E-state index contributed by atoms with van der Waals surface area (Å²) in [6.07, 6.45) is 0. The normalized spacial score (nSPS) is 12.7. The van der Waals surface area contributed by atoms with Crippen molar-refractivity contribution in [3.8, 4) is 0 Å². The molecule has 2 rings (SSSR count). The number of aromatic amines is 1. The van der Waals surface area contributed by atoms with Gasteiger partial charge in [-0.1, -0.05) is 32.9 Å². The molecule has 0 radical (unpaired) electrons. The molecule has 122 valence electrons. The maximum atomic E-state index is 11.9. The number of nitrogens with zero attached hydrogens (tertiary/aromatic N) is 1. The van der Waals surface area contributed by atoms with E-state index in [-0.39, 0.29) is 29.4 Å². The number of carbonyl (C=O) groups excluding carboxylic acids is 1. The van der Waals surface area contributed by atoms with E-state index in [0.29, 0.717) is 13.1 Å². The summed E-state index contributed by atoms with van der Waals surface area (Å²) in [5.74, 6) is -0.199. The van der Waals surface area contributed by atoms with E-state index in [2.05, 4.69) is 10.3 Å². The summed E-state index contributed by atoms with van der Waals surface area (Å²) in [5, 5.41) is 2.78. The van der Waals surface area contributed by atoms with Gasteiger partial charge in [0.2, 0.25) is 5.91 Å². The molecule has 0 aliphatic rings. The molecule has 22 heavy (non-hydrogen) atoms. The molecule has 1 heterocycles. The van der Waals surface area contributed by atoms with Gasteiger partial charge in [-0.05, 0) is 17.5 Å². The zero-order valence-corrected chi connectivity index (χ0v) is 13.9. The third-order valence-electron chi connectivity index (χ3n) is 3.53. The molecular weight excluding hydrogens is 304 g/mol. The van der Waals surface area contributed by atoms with Gasteiger partial charge in [0.1, 0.15) is 0 Å². The van der Waals surface area contributed by atoms with Gasteiger partial charge in [-0.15, -0.1) is 12.4 Å². The monoisotopic (exact) mass is 326 g/mol. The fraction of sp³-hybridized carbons (Fsp3) is 0.467. The fourth-order valence-electron chi connectivity index (χ4n) is 2.12. The molecule has 1 aromatic heterocycles. The van der Waals surface area contributed by atoms with E-state index in [4.69, 9.17) is 5.73 Å². The first-order valence-corrected chi connectivity index (χ1v) is 7.01. The molecule has 0 aliphatic heterocycles. The molecule has 1 atom stereocenters. The number of benzene rings is 1. The minimum atomic E-state index is -0.572. The number of aromatic nitrogens is 2. The topological polar surface area (TPSA) is 92.9 Å². The smallest absolute Gasteiger partial charge is 0.326 e. The van der Waals surface area contributed by atoms with Gasteiger partial charge < -0.3 is 16.0 Å². The van der Waals surface area contributed by atoms with Gasteiger partial charge in [-0.3, -0.25) is 9.36 Å². The Morgan fingerprint density at radius 1 is 1.36 bits per heavy atom. The minimum absolute atomic E-state index is 0. The number of fused-ring (bicyclic) bond motifs is 1. The lowest BCUT2D eigenvalue weighted by atomic mass is 9.87. The average Bonchev–Trinajstić information content (AvgIpc) is 2.73. The Bertz CT molecular complexity index is 699. The second-order valence-electron chi connectivity index (χ2n) is 6.23. The van der Waals surface area contributed by atoms with E-state index < -0.39 is 6.04 Å². The van der Waals surface area contributed by atoms with Crippen LogP contribution >= 0.6 is 12.4 Å². The maximum Gasteiger partial charge on any atom is 0.326 e. The highest BCUT2D eigenvalue weighted by molar-refractivity contribution is 5.85. The number of nitrogens with one attached hydrogen (secondary N) is 2. The minimum Gasteiger partial charge on any atom is -0.353 e. The highest BCUT2D eigenvalue weighted by Gasteiger charge is 2.27. The van der Waals surface area contributed by atoms with Gasteiger partial charge >= 0.3 is 5.69 Å². The van der Waals surface area contributed by atoms with Crippen LogP contribution in [0.4, 0.5) is 0 Å². The number of hydrogen-bond acceptors (Lipinski definition) is 3. The summed E-state index contributed by atoms with van der Waals surface area (Å²) in [6, 6.07) is 6.89. The van der Waals surface area contributed by atoms with Crippen LogP contribution in [-0.2, 0) is 11.3 Å². The molecule has 0 saturated carbocycles. The van der Waals surface area contributed by atoms with Crippen molar-refractivity contribution >= 4 is 29.3 Å². The van der Waals surface area contributed by atoms with E-state index in [1.807, 2.05) is 45.0 Å². The number of hydrogen-bond donors (Lipinski definition) is 3. The SMILES string of the molecule is CC(C)(C)[C@H](N)C(=O)NCCn1c(=O)[nH]c2ccccc21.Cl.